The summed E-state index contributed by atoms with van der Waals surface area (Å²) in [6.07, 6.45) is 4.54. The van der Waals surface area contributed by atoms with Crippen LogP contribution in [-0.2, 0) is 4.74 Å². The zero-order valence-corrected chi connectivity index (χ0v) is 18.9. The average Bonchev–Trinajstić information content (AvgIpc) is 3.40. The molecular formula is C21H25Cl2N3O2S. The molecule has 0 bridgehead atoms. The number of pyridine rings is 1. The van der Waals surface area contributed by atoms with Gasteiger partial charge in [-0.2, -0.15) is 0 Å². The van der Waals surface area contributed by atoms with Gasteiger partial charge in [-0.3, -0.25) is 4.79 Å². The van der Waals surface area contributed by atoms with E-state index in [2.05, 4.69) is 27.6 Å². The maximum absolute atomic E-state index is 10.7. The molecule has 2 saturated heterocycles. The average molecular weight is 454 g/mol. The Balaban J connectivity index is 0.000000166. The van der Waals surface area contributed by atoms with Gasteiger partial charge in [0.1, 0.15) is 5.82 Å². The van der Waals surface area contributed by atoms with Crippen LogP contribution in [0.4, 0.5) is 11.5 Å². The molecule has 2 aromatic rings. The molecule has 29 heavy (non-hydrogen) atoms. The van der Waals surface area contributed by atoms with Crippen molar-refractivity contribution < 1.29 is 9.53 Å². The molecule has 2 aliphatic heterocycles. The Kier molecular flexibility index (Phi) is 8.07. The molecule has 0 saturated carbocycles. The number of benzene rings is 1. The molecule has 0 amide bonds. The van der Waals surface area contributed by atoms with Gasteiger partial charge in [0.2, 0.25) is 0 Å². The molecule has 1 N–H and O–H groups in total. The lowest BCUT2D eigenvalue weighted by Crippen LogP contribution is -2.10. The van der Waals surface area contributed by atoms with E-state index in [0.717, 1.165) is 55.4 Å². The summed E-state index contributed by atoms with van der Waals surface area (Å²) in [5.74, 6) is 1.33. The second-order valence-electron chi connectivity index (χ2n) is 7.07. The minimum absolute atomic E-state index is 0.408. The van der Waals surface area contributed by atoms with Crippen molar-refractivity contribution in [2.75, 3.05) is 36.4 Å². The second kappa shape index (κ2) is 10.5. The molecule has 1 aromatic heterocycles. The summed E-state index contributed by atoms with van der Waals surface area (Å²) in [6, 6.07) is 7.84. The van der Waals surface area contributed by atoms with Crippen LogP contribution in [0.15, 0.2) is 30.5 Å². The summed E-state index contributed by atoms with van der Waals surface area (Å²) < 4.78 is 7.47. The van der Waals surface area contributed by atoms with Crippen molar-refractivity contribution in [3.8, 4) is 0 Å². The largest absolute Gasteiger partial charge is 0.388 e. The maximum atomic E-state index is 10.7. The van der Waals surface area contributed by atoms with E-state index in [4.69, 9.17) is 27.9 Å². The van der Waals surface area contributed by atoms with E-state index in [0.29, 0.717) is 21.8 Å². The quantitative estimate of drug-likeness (QED) is 0.474. The van der Waals surface area contributed by atoms with Crippen LogP contribution in [-0.4, -0.2) is 43.3 Å². The summed E-state index contributed by atoms with van der Waals surface area (Å²) in [7, 11) is 1.90. The van der Waals surface area contributed by atoms with E-state index in [1.54, 1.807) is 18.0 Å². The zero-order valence-electron chi connectivity index (χ0n) is 16.5. The fraction of sp³-hybridized carbons (Fsp3) is 0.429. The fourth-order valence-electron chi connectivity index (χ4n) is 3.25. The standard InChI is InChI=1S/C11H14ClNO.C10H11ClN2OS/c1-13-11-5-9(4-10(12)6-11)8-2-3-14-7-8;1-7-2-3-13(15-7)10-4-8(6-14)9(11)5-12-10/h4-6,8,13H,2-3,7H2,1H3;4-7H,2-3H2,1H3. The first-order valence-corrected chi connectivity index (χ1v) is 11.2. The van der Waals surface area contributed by atoms with Gasteiger partial charge in [-0.1, -0.05) is 30.1 Å². The lowest BCUT2D eigenvalue weighted by Gasteiger charge is -2.15. The number of hydrogen-bond acceptors (Lipinski definition) is 6. The van der Waals surface area contributed by atoms with E-state index < -0.39 is 0 Å². The van der Waals surface area contributed by atoms with Gasteiger partial charge >= 0.3 is 0 Å². The maximum Gasteiger partial charge on any atom is 0.151 e. The Morgan fingerprint density at radius 2 is 2.10 bits per heavy atom. The highest BCUT2D eigenvalue weighted by Gasteiger charge is 2.21. The third-order valence-corrected chi connectivity index (χ3v) is 6.66. The van der Waals surface area contributed by atoms with Crippen LogP contribution in [0, 0.1) is 0 Å². The summed E-state index contributed by atoms with van der Waals surface area (Å²) in [5, 5.41) is 4.92. The number of aromatic nitrogens is 1. The minimum atomic E-state index is 0.408. The van der Waals surface area contributed by atoms with Crippen LogP contribution >= 0.6 is 35.1 Å². The van der Waals surface area contributed by atoms with Crippen LogP contribution in [0.25, 0.3) is 0 Å². The Bertz CT molecular complexity index is 847. The van der Waals surface area contributed by atoms with E-state index in [9.17, 15) is 4.79 Å². The molecule has 2 fully saturated rings. The molecular weight excluding hydrogens is 429 g/mol. The summed E-state index contributed by atoms with van der Waals surface area (Å²) in [5.41, 5.74) is 2.85. The van der Waals surface area contributed by atoms with Gasteiger partial charge < -0.3 is 14.4 Å². The van der Waals surface area contributed by atoms with Gasteiger partial charge in [0.15, 0.2) is 6.29 Å². The number of carbonyl (C=O) groups is 1. The van der Waals surface area contributed by atoms with E-state index in [1.807, 2.05) is 19.2 Å². The number of hydrogen-bond donors (Lipinski definition) is 1. The molecule has 2 aliphatic rings. The fourth-order valence-corrected chi connectivity index (χ4v) is 4.70. The van der Waals surface area contributed by atoms with Crippen LogP contribution in [0.5, 0.6) is 0 Å². The van der Waals surface area contributed by atoms with Gasteiger partial charge in [-0.15, -0.1) is 0 Å². The van der Waals surface area contributed by atoms with Gasteiger partial charge in [-0.25, -0.2) is 4.98 Å². The molecule has 156 valence electrons. The molecule has 1 aromatic carbocycles. The first-order valence-electron chi connectivity index (χ1n) is 9.61. The molecule has 5 nitrogen and oxygen atoms in total. The predicted octanol–water partition coefficient (Wildman–Crippen LogP) is 5.68. The summed E-state index contributed by atoms with van der Waals surface area (Å²) in [4.78, 5) is 14.9. The molecule has 0 aliphatic carbocycles. The first kappa shape index (κ1) is 22.2. The number of nitrogens with one attached hydrogen (secondary N) is 1. The van der Waals surface area contributed by atoms with Crippen molar-refractivity contribution in [2.24, 2.45) is 0 Å². The molecule has 2 unspecified atom stereocenters. The third kappa shape index (κ3) is 6.01. The van der Waals surface area contributed by atoms with Crippen molar-refractivity contribution in [2.45, 2.75) is 30.9 Å². The normalized spacial score (nSPS) is 20.9. The number of halogens is 2. The van der Waals surface area contributed by atoms with Crippen molar-refractivity contribution in [3.05, 3.63) is 51.6 Å². The zero-order chi connectivity index (χ0) is 20.8. The molecule has 2 atom stereocenters. The van der Waals surface area contributed by atoms with E-state index in [-0.39, 0.29) is 0 Å². The third-order valence-electron chi connectivity index (χ3n) is 4.91. The summed E-state index contributed by atoms with van der Waals surface area (Å²) >= 11 is 13.6. The highest BCUT2D eigenvalue weighted by molar-refractivity contribution is 8.01. The Morgan fingerprint density at radius 3 is 2.72 bits per heavy atom. The van der Waals surface area contributed by atoms with Gasteiger partial charge in [-0.05, 0) is 54.6 Å². The van der Waals surface area contributed by atoms with Crippen LogP contribution < -0.4 is 9.62 Å². The second-order valence-corrected chi connectivity index (χ2v) is 9.37. The highest BCUT2D eigenvalue weighted by atomic mass is 35.5. The number of nitrogens with zero attached hydrogens (tertiary/aromatic N) is 2. The lowest BCUT2D eigenvalue weighted by atomic mass is 9.98. The summed E-state index contributed by atoms with van der Waals surface area (Å²) in [6.45, 7) is 4.84. The van der Waals surface area contributed by atoms with Crippen LogP contribution in [0.3, 0.4) is 0 Å². The molecule has 4 rings (SSSR count). The number of aldehydes is 1. The number of anilines is 2. The number of rotatable bonds is 4. The van der Waals surface area contributed by atoms with E-state index >= 15 is 0 Å². The lowest BCUT2D eigenvalue weighted by molar-refractivity contribution is 0.112. The monoisotopic (exact) mass is 453 g/mol. The highest BCUT2D eigenvalue weighted by Crippen LogP contribution is 2.33. The smallest absolute Gasteiger partial charge is 0.151 e. The van der Waals surface area contributed by atoms with Crippen molar-refractivity contribution >= 4 is 52.9 Å². The van der Waals surface area contributed by atoms with Crippen molar-refractivity contribution in [1.82, 2.24) is 4.98 Å². The van der Waals surface area contributed by atoms with Gasteiger partial charge in [0, 0.05) is 53.8 Å². The molecule has 0 spiro atoms. The minimum Gasteiger partial charge on any atom is -0.388 e. The van der Waals surface area contributed by atoms with Crippen molar-refractivity contribution in [3.63, 3.8) is 0 Å². The first-order chi connectivity index (χ1) is 14.0. The molecule has 0 radical (unpaired) electrons. The Labute approximate surface area is 186 Å². The van der Waals surface area contributed by atoms with E-state index in [1.165, 1.54) is 11.8 Å². The Morgan fingerprint density at radius 1 is 1.28 bits per heavy atom. The van der Waals surface area contributed by atoms with Crippen LogP contribution in [0.2, 0.25) is 10.0 Å². The Hall–Kier alpha value is -1.47. The van der Waals surface area contributed by atoms with Crippen LogP contribution in [0.1, 0.15) is 41.6 Å². The molecule has 3 heterocycles. The SMILES string of the molecule is CC1CCN(c2cc(C=O)c(Cl)cn2)S1.CNc1cc(Cl)cc(C2CCOC2)c1. The topological polar surface area (TPSA) is 54.5 Å². The molecule has 8 heteroatoms. The number of ether oxygens (including phenoxy) is 1. The van der Waals surface area contributed by atoms with Gasteiger partial charge in [0.05, 0.1) is 11.6 Å². The van der Waals surface area contributed by atoms with Crippen molar-refractivity contribution in [1.29, 1.82) is 0 Å². The number of carbonyl (C=O) groups excluding carboxylic acids is 1. The van der Waals surface area contributed by atoms with Gasteiger partial charge in [0.25, 0.3) is 0 Å². The predicted molar refractivity (Wildman–Crippen MR) is 123 cm³/mol.